The molecule has 4 amide bonds. The van der Waals surface area contributed by atoms with E-state index in [1.54, 1.807) is 18.3 Å². The lowest BCUT2D eigenvalue weighted by atomic mass is 10.0. The van der Waals surface area contributed by atoms with Crippen molar-refractivity contribution in [3.63, 3.8) is 0 Å². The van der Waals surface area contributed by atoms with Gasteiger partial charge < -0.3 is 42.2 Å². The van der Waals surface area contributed by atoms with Gasteiger partial charge in [0.2, 0.25) is 23.6 Å². The molecule has 0 bridgehead atoms. The number of nitrogens with zero attached hydrogens (tertiary/aromatic N) is 1. The highest BCUT2D eigenvalue weighted by Crippen LogP contribution is 2.23. The number of aromatic nitrogens is 1. The molecule has 2 aromatic carbocycles. The normalized spacial score (nSPS) is 16.9. The summed E-state index contributed by atoms with van der Waals surface area (Å²) in [5.41, 5.74) is 13.6. The fraction of sp³-hybridized carbons (Fsp3) is 0.345. The van der Waals surface area contributed by atoms with Gasteiger partial charge in [-0.05, 0) is 48.6 Å². The van der Waals surface area contributed by atoms with E-state index < -0.39 is 60.2 Å². The summed E-state index contributed by atoms with van der Waals surface area (Å²) in [5.74, 6) is -4.12. The van der Waals surface area contributed by atoms with Gasteiger partial charge in [-0.1, -0.05) is 30.3 Å². The number of fused-ring (bicyclic) bond motifs is 1. The van der Waals surface area contributed by atoms with Crippen LogP contribution < -0.4 is 22.1 Å². The highest BCUT2D eigenvalue weighted by molar-refractivity contribution is 5.97. The Morgan fingerprint density at radius 1 is 0.976 bits per heavy atom. The summed E-state index contributed by atoms with van der Waals surface area (Å²) in [6.07, 6.45) is 2.04. The van der Waals surface area contributed by atoms with Gasteiger partial charge in [0.15, 0.2) is 0 Å². The number of H-pyrrole nitrogens is 1. The first-order chi connectivity index (χ1) is 20.0. The quantitative estimate of drug-likeness (QED) is 0.153. The lowest BCUT2D eigenvalue weighted by Gasteiger charge is -2.29. The Morgan fingerprint density at radius 3 is 2.36 bits per heavy atom. The third-order valence-electron chi connectivity index (χ3n) is 7.30. The number of nitrogens with one attached hydrogen (secondary N) is 3. The molecule has 4 unspecified atom stereocenters. The van der Waals surface area contributed by atoms with E-state index in [4.69, 9.17) is 11.5 Å². The average Bonchev–Trinajstić information content (AvgIpc) is 3.61. The molecule has 1 aliphatic heterocycles. The molecule has 13 heteroatoms. The Hall–Kier alpha value is -4.91. The second-order valence-corrected chi connectivity index (χ2v) is 10.4. The Kier molecular flexibility index (Phi) is 9.42. The Morgan fingerprint density at radius 2 is 1.67 bits per heavy atom. The van der Waals surface area contributed by atoms with Gasteiger partial charge in [-0.3, -0.25) is 19.2 Å². The minimum Gasteiger partial charge on any atom is -0.508 e. The number of carbonyl (C=O) groups is 5. The third-order valence-corrected chi connectivity index (χ3v) is 7.30. The minimum atomic E-state index is -1.44. The van der Waals surface area contributed by atoms with Gasteiger partial charge in [-0.2, -0.15) is 0 Å². The number of likely N-dealkylation sites (tertiary alicyclic amines) is 1. The first-order valence-electron chi connectivity index (χ1n) is 13.5. The van der Waals surface area contributed by atoms with Crippen molar-refractivity contribution >= 4 is 40.5 Å². The van der Waals surface area contributed by atoms with Gasteiger partial charge in [0, 0.05) is 30.1 Å². The maximum Gasteiger partial charge on any atom is 0.326 e. The van der Waals surface area contributed by atoms with Gasteiger partial charge >= 0.3 is 5.97 Å². The lowest BCUT2D eigenvalue weighted by molar-refractivity contribution is -0.149. The molecule has 9 N–H and O–H groups in total. The van der Waals surface area contributed by atoms with Crippen LogP contribution in [-0.4, -0.2) is 80.4 Å². The maximum atomic E-state index is 13.7. The second-order valence-electron chi connectivity index (χ2n) is 10.4. The SMILES string of the molecule is NC(=O)CC(NC(=O)C(N)Cc1ccc(O)cc1)C(=O)NC(Cc1c[nH]c2ccccc12)C(=O)N1CCCC1C(=O)O. The van der Waals surface area contributed by atoms with Gasteiger partial charge in [-0.25, -0.2) is 4.79 Å². The first-order valence-corrected chi connectivity index (χ1v) is 13.5. The molecule has 4 rings (SSSR count). The molecule has 13 nitrogen and oxygen atoms in total. The molecule has 0 saturated carbocycles. The number of amides is 4. The van der Waals surface area contributed by atoms with Gasteiger partial charge in [0.25, 0.3) is 0 Å². The fourth-order valence-electron chi connectivity index (χ4n) is 5.15. The van der Waals surface area contributed by atoms with Gasteiger partial charge in [0.1, 0.15) is 23.9 Å². The number of primary amides is 1. The van der Waals surface area contributed by atoms with Crippen LogP contribution in [0.5, 0.6) is 5.75 Å². The molecular weight excluding hydrogens is 544 g/mol. The average molecular weight is 579 g/mol. The van der Waals surface area contributed by atoms with E-state index in [0.717, 1.165) is 10.9 Å². The van der Waals surface area contributed by atoms with Crippen molar-refractivity contribution in [1.29, 1.82) is 0 Å². The van der Waals surface area contributed by atoms with Crippen LogP contribution >= 0.6 is 0 Å². The summed E-state index contributed by atoms with van der Waals surface area (Å²) in [5, 5.41) is 25.0. The van der Waals surface area contributed by atoms with Crippen LogP contribution in [-0.2, 0) is 36.8 Å². The number of carbonyl (C=O) groups excluding carboxylic acids is 4. The van der Waals surface area contributed by atoms with Crippen molar-refractivity contribution in [1.82, 2.24) is 20.5 Å². The number of benzene rings is 2. The van der Waals surface area contributed by atoms with Crippen molar-refractivity contribution in [2.24, 2.45) is 11.5 Å². The summed E-state index contributed by atoms with van der Waals surface area (Å²) < 4.78 is 0. The number of aliphatic carboxylic acids is 1. The van der Waals surface area contributed by atoms with Crippen molar-refractivity contribution in [2.75, 3.05) is 6.54 Å². The number of aromatic amines is 1. The summed E-state index contributed by atoms with van der Waals surface area (Å²) in [4.78, 5) is 68.0. The van der Waals surface area contributed by atoms with Crippen LogP contribution in [0, 0.1) is 0 Å². The van der Waals surface area contributed by atoms with Crippen LogP contribution in [0.4, 0.5) is 0 Å². The lowest BCUT2D eigenvalue weighted by Crippen LogP contribution is -2.58. The molecular formula is C29H34N6O7. The Balaban J connectivity index is 1.54. The third kappa shape index (κ3) is 7.23. The fourth-order valence-corrected chi connectivity index (χ4v) is 5.15. The highest BCUT2D eigenvalue weighted by Gasteiger charge is 2.39. The van der Waals surface area contributed by atoms with E-state index in [1.165, 1.54) is 17.0 Å². The highest BCUT2D eigenvalue weighted by atomic mass is 16.4. The number of aromatic hydroxyl groups is 1. The number of rotatable bonds is 12. The Bertz CT molecular complexity index is 1470. The Labute approximate surface area is 241 Å². The molecule has 0 aliphatic carbocycles. The number of nitrogens with two attached hydrogens (primary N) is 2. The predicted octanol–water partition coefficient (Wildman–Crippen LogP) is -0.0934. The zero-order valence-corrected chi connectivity index (χ0v) is 22.8. The monoisotopic (exact) mass is 578 g/mol. The number of carboxylic acids is 1. The van der Waals surface area contributed by atoms with E-state index in [-0.39, 0.29) is 31.6 Å². The molecule has 42 heavy (non-hydrogen) atoms. The van der Waals surface area contributed by atoms with Crippen LogP contribution in [0.3, 0.4) is 0 Å². The summed E-state index contributed by atoms with van der Waals surface area (Å²) in [6.45, 7) is 0.212. The van der Waals surface area contributed by atoms with Crippen LogP contribution in [0.25, 0.3) is 10.9 Å². The molecule has 1 fully saturated rings. The van der Waals surface area contributed by atoms with Gasteiger partial charge in [0.05, 0.1) is 12.5 Å². The molecule has 1 saturated heterocycles. The summed E-state index contributed by atoms with van der Waals surface area (Å²) >= 11 is 0. The maximum absolute atomic E-state index is 13.7. The minimum absolute atomic E-state index is 0.0228. The second kappa shape index (κ2) is 13.2. The smallest absolute Gasteiger partial charge is 0.326 e. The molecule has 0 radical (unpaired) electrons. The predicted molar refractivity (Wildman–Crippen MR) is 152 cm³/mol. The molecule has 4 atom stereocenters. The molecule has 0 spiro atoms. The first kappa shape index (κ1) is 30.1. The standard InChI is InChI=1S/C29H34N6O7/c30-20(12-16-7-9-18(36)10-8-16)26(38)33-22(14-25(31)37)27(39)34-23(28(40)35-11-3-6-24(35)29(41)42)13-17-15-32-21-5-2-1-4-19(17)21/h1-2,4-5,7-10,15,20,22-24,32,36H,3,6,11-14,30H2,(H2,31,37)(H,33,38)(H,34,39)(H,41,42). The molecule has 1 aromatic heterocycles. The van der Waals surface area contributed by atoms with Crippen LogP contribution in [0.1, 0.15) is 30.4 Å². The number of hydrogen-bond acceptors (Lipinski definition) is 7. The van der Waals surface area contributed by atoms with Crippen LogP contribution in [0.15, 0.2) is 54.7 Å². The van der Waals surface area contributed by atoms with E-state index in [1.807, 2.05) is 24.3 Å². The zero-order chi connectivity index (χ0) is 30.4. The van der Waals surface area contributed by atoms with Crippen molar-refractivity contribution in [3.05, 3.63) is 65.9 Å². The van der Waals surface area contributed by atoms with Crippen LogP contribution in [0.2, 0.25) is 0 Å². The molecule has 2 heterocycles. The van der Waals surface area contributed by atoms with E-state index in [2.05, 4.69) is 15.6 Å². The van der Waals surface area contributed by atoms with E-state index >= 15 is 0 Å². The van der Waals surface area contributed by atoms with E-state index in [9.17, 15) is 34.2 Å². The number of para-hydroxylation sites is 1. The number of phenols is 1. The molecule has 3 aromatic rings. The van der Waals surface area contributed by atoms with Crippen molar-refractivity contribution in [3.8, 4) is 5.75 Å². The number of carboxylic acid groups (broad SMARTS) is 1. The number of phenolic OH excluding ortho intramolecular Hbond substituents is 1. The topological polar surface area (TPSA) is 221 Å². The van der Waals surface area contributed by atoms with E-state index in [0.29, 0.717) is 17.5 Å². The molecule has 222 valence electrons. The van der Waals surface area contributed by atoms with Gasteiger partial charge in [-0.15, -0.1) is 0 Å². The largest absolute Gasteiger partial charge is 0.508 e. The summed E-state index contributed by atoms with van der Waals surface area (Å²) in [6, 6.07) is 8.71. The van der Waals surface area contributed by atoms with Crippen molar-refractivity contribution in [2.45, 2.75) is 56.3 Å². The number of hydrogen-bond donors (Lipinski definition) is 7. The molecule has 1 aliphatic rings. The van der Waals surface area contributed by atoms with Crippen molar-refractivity contribution < 1.29 is 34.2 Å². The summed E-state index contributed by atoms with van der Waals surface area (Å²) in [7, 11) is 0. The zero-order valence-electron chi connectivity index (χ0n) is 22.8.